The van der Waals surface area contributed by atoms with Crippen LogP contribution in [0.25, 0.3) is 0 Å². The van der Waals surface area contributed by atoms with Crippen LogP contribution in [0, 0.1) is 0 Å². The molecule has 1 aliphatic rings. The van der Waals surface area contributed by atoms with E-state index in [1.807, 2.05) is 24.3 Å². The predicted molar refractivity (Wildman–Crippen MR) is 100 cm³/mol. The Kier molecular flexibility index (Phi) is 5.71. The molecule has 1 aliphatic heterocycles. The summed E-state index contributed by atoms with van der Waals surface area (Å²) in [6.07, 6.45) is 2.95. The molecule has 0 aromatic heterocycles. The smallest absolute Gasteiger partial charge is 0.251 e. The second kappa shape index (κ2) is 8.17. The topological polar surface area (TPSA) is 50.4 Å². The van der Waals surface area contributed by atoms with Crippen LogP contribution in [0.3, 0.4) is 0 Å². The van der Waals surface area contributed by atoms with Crippen molar-refractivity contribution in [3.63, 3.8) is 0 Å². The molecule has 4 heteroatoms. The van der Waals surface area contributed by atoms with Gasteiger partial charge < -0.3 is 15.4 Å². The fraction of sp³-hybridized carbons (Fsp3) is 0.381. The number of carbonyl (C=O) groups is 1. The number of hydrogen-bond donors (Lipinski definition) is 2. The molecule has 1 heterocycles. The van der Waals surface area contributed by atoms with Gasteiger partial charge in [-0.15, -0.1) is 0 Å². The van der Waals surface area contributed by atoms with E-state index in [0.29, 0.717) is 18.2 Å². The number of hydrogen-bond acceptors (Lipinski definition) is 3. The van der Waals surface area contributed by atoms with Crippen LogP contribution in [0.15, 0.2) is 48.5 Å². The SMILES string of the molecule is CNC(=O)c1cccc2c1CC(NC(C)CCc1ccccc1)CO2. The molecule has 2 N–H and O–H groups in total. The van der Waals surface area contributed by atoms with Crippen LogP contribution in [0.5, 0.6) is 5.75 Å². The van der Waals surface area contributed by atoms with Gasteiger partial charge in [-0.2, -0.15) is 0 Å². The molecule has 0 radical (unpaired) electrons. The van der Waals surface area contributed by atoms with Crippen LogP contribution in [0.2, 0.25) is 0 Å². The van der Waals surface area contributed by atoms with Crippen LogP contribution in [0.4, 0.5) is 0 Å². The lowest BCUT2D eigenvalue weighted by atomic mass is 9.96. The number of fused-ring (bicyclic) bond motifs is 1. The largest absolute Gasteiger partial charge is 0.492 e. The van der Waals surface area contributed by atoms with Crippen molar-refractivity contribution in [2.24, 2.45) is 0 Å². The first kappa shape index (κ1) is 17.5. The molecule has 2 atom stereocenters. The summed E-state index contributed by atoms with van der Waals surface area (Å²) in [5, 5.41) is 6.37. The number of aryl methyl sites for hydroxylation is 1. The third kappa shape index (κ3) is 4.40. The van der Waals surface area contributed by atoms with Gasteiger partial charge in [0, 0.05) is 30.3 Å². The van der Waals surface area contributed by atoms with Gasteiger partial charge >= 0.3 is 0 Å². The number of benzene rings is 2. The van der Waals surface area contributed by atoms with Crippen molar-refractivity contribution < 1.29 is 9.53 Å². The lowest BCUT2D eigenvalue weighted by molar-refractivity contribution is 0.0960. The van der Waals surface area contributed by atoms with Gasteiger partial charge in [0.2, 0.25) is 0 Å². The molecule has 0 bridgehead atoms. The number of nitrogens with one attached hydrogen (secondary N) is 2. The molecule has 2 unspecified atom stereocenters. The Hall–Kier alpha value is -2.33. The normalized spacial score (nSPS) is 17.3. The molecule has 0 fully saturated rings. The average Bonchev–Trinajstić information content (AvgIpc) is 2.66. The number of rotatable bonds is 6. The molecule has 0 saturated heterocycles. The monoisotopic (exact) mass is 338 g/mol. The molecule has 1 amide bonds. The molecule has 2 aromatic carbocycles. The summed E-state index contributed by atoms with van der Waals surface area (Å²) in [4.78, 5) is 12.1. The average molecular weight is 338 g/mol. The van der Waals surface area contributed by atoms with Gasteiger partial charge in [0.1, 0.15) is 12.4 Å². The highest BCUT2D eigenvalue weighted by atomic mass is 16.5. The summed E-state index contributed by atoms with van der Waals surface area (Å²) in [6, 6.07) is 16.8. The molecular weight excluding hydrogens is 312 g/mol. The maximum absolute atomic E-state index is 12.1. The second-order valence-electron chi connectivity index (χ2n) is 6.67. The van der Waals surface area contributed by atoms with Crippen LogP contribution in [0.1, 0.15) is 34.8 Å². The summed E-state index contributed by atoms with van der Waals surface area (Å²) in [7, 11) is 1.66. The van der Waals surface area contributed by atoms with E-state index >= 15 is 0 Å². The molecule has 3 rings (SSSR count). The Morgan fingerprint density at radius 2 is 2.00 bits per heavy atom. The molecule has 0 aliphatic carbocycles. The lowest BCUT2D eigenvalue weighted by Gasteiger charge is -2.30. The maximum Gasteiger partial charge on any atom is 0.251 e. The predicted octanol–water partition coefficient (Wildman–Crippen LogP) is 2.96. The third-order valence-corrected chi connectivity index (χ3v) is 4.72. The number of ether oxygens (including phenoxy) is 1. The molecule has 132 valence electrons. The highest BCUT2D eigenvalue weighted by Crippen LogP contribution is 2.28. The summed E-state index contributed by atoms with van der Waals surface area (Å²) in [5.74, 6) is 0.773. The Balaban J connectivity index is 1.59. The van der Waals surface area contributed by atoms with E-state index in [2.05, 4.69) is 41.8 Å². The van der Waals surface area contributed by atoms with Crippen LogP contribution in [-0.4, -0.2) is 31.6 Å². The van der Waals surface area contributed by atoms with E-state index < -0.39 is 0 Å². The molecule has 0 spiro atoms. The van der Waals surface area contributed by atoms with Crippen molar-refractivity contribution in [1.82, 2.24) is 10.6 Å². The molecule has 2 aromatic rings. The van der Waals surface area contributed by atoms with Gasteiger partial charge in [-0.05, 0) is 43.9 Å². The Morgan fingerprint density at radius 1 is 1.20 bits per heavy atom. The van der Waals surface area contributed by atoms with Crippen molar-refractivity contribution in [3.8, 4) is 5.75 Å². The van der Waals surface area contributed by atoms with Crippen molar-refractivity contribution in [2.75, 3.05) is 13.7 Å². The Labute approximate surface area is 149 Å². The fourth-order valence-electron chi connectivity index (χ4n) is 3.38. The van der Waals surface area contributed by atoms with E-state index in [9.17, 15) is 4.79 Å². The first-order valence-corrected chi connectivity index (χ1v) is 8.94. The second-order valence-corrected chi connectivity index (χ2v) is 6.67. The van der Waals surface area contributed by atoms with Crippen LogP contribution in [-0.2, 0) is 12.8 Å². The maximum atomic E-state index is 12.1. The van der Waals surface area contributed by atoms with Crippen LogP contribution >= 0.6 is 0 Å². The summed E-state index contributed by atoms with van der Waals surface area (Å²) in [5.41, 5.74) is 3.08. The Morgan fingerprint density at radius 3 is 2.76 bits per heavy atom. The first-order valence-electron chi connectivity index (χ1n) is 8.94. The molecule has 25 heavy (non-hydrogen) atoms. The van der Waals surface area contributed by atoms with Crippen LogP contribution < -0.4 is 15.4 Å². The summed E-state index contributed by atoms with van der Waals surface area (Å²) < 4.78 is 5.89. The minimum Gasteiger partial charge on any atom is -0.492 e. The van der Waals surface area contributed by atoms with Gasteiger partial charge in [0.15, 0.2) is 0 Å². The van der Waals surface area contributed by atoms with Crippen molar-refractivity contribution in [2.45, 2.75) is 38.3 Å². The molecular formula is C21H26N2O2. The summed E-state index contributed by atoms with van der Waals surface area (Å²) in [6.45, 7) is 2.85. The zero-order chi connectivity index (χ0) is 17.6. The number of amides is 1. The molecule has 4 nitrogen and oxygen atoms in total. The third-order valence-electron chi connectivity index (χ3n) is 4.72. The van der Waals surface area contributed by atoms with E-state index in [4.69, 9.17) is 4.74 Å². The summed E-state index contributed by atoms with van der Waals surface area (Å²) >= 11 is 0. The van der Waals surface area contributed by atoms with Crippen molar-refractivity contribution in [1.29, 1.82) is 0 Å². The minimum absolute atomic E-state index is 0.0572. The van der Waals surface area contributed by atoms with Gasteiger partial charge in [-0.25, -0.2) is 0 Å². The van der Waals surface area contributed by atoms with Gasteiger partial charge in [0.05, 0.1) is 0 Å². The molecule has 0 saturated carbocycles. The highest BCUT2D eigenvalue weighted by molar-refractivity contribution is 5.96. The first-order chi connectivity index (χ1) is 12.2. The highest BCUT2D eigenvalue weighted by Gasteiger charge is 2.25. The number of carbonyl (C=O) groups excluding carboxylic acids is 1. The van der Waals surface area contributed by atoms with Gasteiger partial charge in [-0.3, -0.25) is 4.79 Å². The zero-order valence-corrected chi connectivity index (χ0v) is 14.9. The van der Waals surface area contributed by atoms with E-state index in [1.165, 1.54) is 5.56 Å². The van der Waals surface area contributed by atoms with Gasteiger partial charge in [-0.1, -0.05) is 36.4 Å². The van der Waals surface area contributed by atoms with E-state index in [0.717, 1.165) is 30.6 Å². The van der Waals surface area contributed by atoms with Crippen molar-refractivity contribution >= 4 is 5.91 Å². The fourth-order valence-corrected chi connectivity index (χ4v) is 3.38. The zero-order valence-electron chi connectivity index (χ0n) is 14.9. The lowest BCUT2D eigenvalue weighted by Crippen LogP contribution is -2.44. The van der Waals surface area contributed by atoms with E-state index in [1.54, 1.807) is 7.05 Å². The standard InChI is InChI=1S/C21H26N2O2/c1-15(11-12-16-7-4-3-5-8-16)23-17-13-19-18(21(24)22-2)9-6-10-20(19)25-14-17/h3-10,15,17,23H,11-14H2,1-2H3,(H,22,24). The van der Waals surface area contributed by atoms with Crippen molar-refractivity contribution in [3.05, 3.63) is 65.2 Å². The van der Waals surface area contributed by atoms with E-state index in [-0.39, 0.29) is 11.9 Å². The quantitative estimate of drug-likeness (QED) is 0.851. The minimum atomic E-state index is -0.0572. The Bertz CT molecular complexity index is 715. The van der Waals surface area contributed by atoms with Gasteiger partial charge in [0.25, 0.3) is 5.91 Å².